The number of amides is 1. The molecule has 25 heavy (non-hydrogen) atoms. The Labute approximate surface area is 146 Å². The molecule has 0 saturated heterocycles. The Morgan fingerprint density at radius 2 is 2.08 bits per heavy atom. The van der Waals surface area contributed by atoms with Crippen LogP contribution in [0.15, 0.2) is 10.6 Å². The first kappa shape index (κ1) is 16.3. The highest BCUT2D eigenvalue weighted by molar-refractivity contribution is 5.91. The topological polar surface area (TPSA) is 89.1 Å². The number of aromatic nitrogens is 4. The normalized spacial score (nSPS) is 22.9. The maximum Gasteiger partial charge on any atom is 0.290 e. The SMILES string of the molecule is CN(C)Cc1nnc(C2CC(NC(=O)c3cc(C4CC4)no3)C2)n1C. The molecule has 2 aromatic rings. The monoisotopic (exact) mass is 344 g/mol. The molecule has 0 aliphatic heterocycles. The first-order valence-electron chi connectivity index (χ1n) is 8.81. The van der Waals surface area contributed by atoms with Gasteiger partial charge in [0, 0.05) is 31.0 Å². The summed E-state index contributed by atoms with van der Waals surface area (Å²) in [4.78, 5) is 14.3. The van der Waals surface area contributed by atoms with Crippen LogP contribution in [0.4, 0.5) is 0 Å². The lowest BCUT2D eigenvalue weighted by Gasteiger charge is -2.34. The Kier molecular flexibility index (Phi) is 4.07. The van der Waals surface area contributed by atoms with Crippen LogP contribution in [-0.2, 0) is 13.6 Å². The molecule has 8 nitrogen and oxygen atoms in total. The van der Waals surface area contributed by atoms with Crippen molar-refractivity contribution in [3.05, 3.63) is 29.2 Å². The number of carbonyl (C=O) groups excluding carboxylic acids is 1. The van der Waals surface area contributed by atoms with Crippen molar-refractivity contribution < 1.29 is 9.32 Å². The van der Waals surface area contributed by atoms with Gasteiger partial charge in [0.25, 0.3) is 5.91 Å². The molecular formula is C17H24N6O2. The molecule has 0 spiro atoms. The summed E-state index contributed by atoms with van der Waals surface area (Å²) in [5.74, 6) is 2.94. The van der Waals surface area contributed by atoms with E-state index in [9.17, 15) is 4.79 Å². The highest BCUT2D eigenvalue weighted by Gasteiger charge is 2.36. The van der Waals surface area contributed by atoms with Crippen molar-refractivity contribution in [2.45, 2.75) is 50.1 Å². The van der Waals surface area contributed by atoms with E-state index in [1.165, 1.54) is 0 Å². The molecule has 0 aromatic carbocycles. The third kappa shape index (κ3) is 3.30. The molecule has 0 unspecified atom stereocenters. The van der Waals surface area contributed by atoms with Crippen LogP contribution in [0.25, 0.3) is 0 Å². The maximum absolute atomic E-state index is 12.3. The van der Waals surface area contributed by atoms with E-state index in [-0.39, 0.29) is 11.9 Å². The smallest absolute Gasteiger partial charge is 0.290 e. The van der Waals surface area contributed by atoms with Crippen molar-refractivity contribution >= 4 is 5.91 Å². The average molecular weight is 344 g/mol. The zero-order valence-corrected chi connectivity index (χ0v) is 14.9. The lowest BCUT2D eigenvalue weighted by atomic mass is 9.79. The summed E-state index contributed by atoms with van der Waals surface area (Å²) in [7, 11) is 6.04. The van der Waals surface area contributed by atoms with E-state index in [0.29, 0.717) is 17.6 Å². The molecule has 8 heteroatoms. The minimum atomic E-state index is -0.172. The van der Waals surface area contributed by atoms with Gasteiger partial charge in [0.05, 0.1) is 12.2 Å². The second-order valence-corrected chi connectivity index (χ2v) is 7.50. The second kappa shape index (κ2) is 6.25. The largest absolute Gasteiger partial charge is 0.351 e. The fraction of sp³-hybridized carbons (Fsp3) is 0.647. The van der Waals surface area contributed by atoms with Crippen LogP contribution >= 0.6 is 0 Å². The Hall–Kier alpha value is -2.22. The molecule has 2 aliphatic carbocycles. The average Bonchev–Trinajstić information content (AvgIpc) is 3.16. The maximum atomic E-state index is 12.3. The van der Waals surface area contributed by atoms with E-state index in [1.54, 1.807) is 6.07 Å². The first-order chi connectivity index (χ1) is 12.0. The molecule has 0 bridgehead atoms. The number of rotatable bonds is 6. The van der Waals surface area contributed by atoms with Gasteiger partial charge in [-0.1, -0.05) is 5.16 Å². The summed E-state index contributed by atoms with van der Waals surface area (Å²) in [5, 5.41) is 15.6. The molecule has 2 saturated carbocycles. The summed E-state index contributed by atoms with van der Waals surface area (Å²) in [6, 6.07) is 1.93. The van der Waals surface area contributed by atoms with Crippen LogP contribution in [0.3, 0.4) is 0 Å². The third-order valence-corrected chi connectivity index (χ3v) is 5.04. The second-order valence-electron chi connectivity index (χ2n) is 7.50. The fourth-order valence-corrected chi connectivity index (χ4v) is 3.32. The first-order valence-corrected chi connectivity index (χ1v) is 8.81. The Morgan fingerprint density at radius 1 is 1.32 bits per heavy atom. The number of hydrogen-bond acceptors (Lipinski definition) is 6. The van der Waals surface area contributed by atoms with Gasteiger partial charge in [0.15, 0.2) is 0 Å². The van der Waals surface area contributed by atoms with E-state index in [4.69, 9.17) is 4.52 Å². The molecular weight excluding hydrogens is 320 g/mol. The van der Waals surface area contributed by atoms with Gasteiger partial charge in [0.1, 0.15) is 11.6 Å². The van der Waals surface area contributed by atoms with E-state index in [1.807, 2.05) is 21.1 Å². The van der Waals surface area contributed by atoms with Crippen molar-refractivity contribution in [1.29, 1.82) is 0 Å². The molecule has 2 fully saturated rings. The molecule has 0 atom stereocenters. The Morgan fingerprint density at radius 3 is 2.76 bits per heavy atom. The summed E-state index contributed by atoms with van der Waals surface area (Å²) in [6.07, 6.45) is 4.05. The Bertz CT molecular complexity index is 770. The van der Waals surface area contributed by atoms with E-state index >= 15 is 0 Å². The van der Waals surface area contributed by atoms with Crippen LogP contribution in [-0.4, -0.2) is 50.9 Å². The molecule has 134 valence electrons. The molecule has 0 radical (unpaired) electrons. The van der Waals surface area contributed by atoms with E-state index in [0.717, 1.165) is 49.6 Å². The standard InChI is InChI=1S/C17H24N6O2/c1-22(2)9-15-19-20-16(23(15)3)11-6-12(7-11)18-17(24)14-8-13(21-25-14)10-4-5-10/h8,10-12H,4-7,9H2,1-3H3,(H,18,24). The Balaban J connectivity index is 1.31. The van der Waals surface area contributed by atoms with Gasteiger partial charge in [-0.05, 0) is 39.8 Å². The van der Waals surface area contributed by atoms with Gasteiger partial charge < -0.3 is 19.3 Å². The highest BCUT2D eigenvalue weighted by atomic mass is 16.5. The van der Waals surface area contributed by atoms with Crippen LogP contribution in [0.1, 0.15) is 65.4 Å². The molecule has 2 heterocycles. The van der Waals surface area contributed by atoms with Gasteiger partial charge in [-0.3, -0.25) is 4.79 Å². The van der Waals surface area contributed by atoms with Crippen molar-refractivity contribution in [2.24, 2.45) is 7.05 Å². The van der Waals surface area contributed by atoms with Gasteiger partial charge >= 0.3 is 0 Å². The van der Waals surface area contributed by atoms with Crippen LogP contribution in [0.5, 0.6) is 0 Å². The van der Waals surface area contributed by atoms with Crippen LogP contribution in [0.2, 0.25) is 0 Å². The van der Waals surface area contributed by atoms with Crippen molar-refractivity contribution in [3.8, 4) is 0 Å². The van der Waals surface area contributed by atoms with E-state index in [2.05, 4.69) is 30.1 Å². The lowest BCUT2D eigenvalue weighted by molar-refractivity contribution is 0.0869. The van der Waals surface area contributed by atoms with Gasteiger partial charge in [0.2, 0.25) is 5.76 Å². The summed E-state index contributed by atoms with van der Waals surface area (Å²) >= 11 is 0. The van der Waals surface area contributed by atoms with Crippen molar-refractivity contribution in [2.75, 3.05) is 14.1 Å². The number of nitrogens with zero attached hydrogens (tertiary/aromatic N) is 5. The van der Waals surface area contributed by atoms with Crippen LogP contribution < -0.4 is 5.32 Å². The lowest BCUT2D eigenvalue weighted by Crippen LogP contribution is -2.43. The quantitative estimate of drug-likeness (QED) is 0.852. The van der Waals surface area contributed by atoms with Gasteiger partial charge in [-0.15, -0.1) is 10.2 Å². The summed E-state index contributed by atoms with van der Waals surface area (Å²) in [5.41, 5.74) is 0.907. The van der Waals surface area contributed by atoms with E-state index < -0.39 is 0 Å². The number of hydrogen-bond donors (Lipinski definition) is 1. The summed E-state index contributed by atoms with van der Waals surface area (Å²) < 4.78 is 7.25. The summed E-state index contributed by atoms with van der Waals surface area (Å²) in [6.45, 7) is 0.769. The highest BCUT2D eigenvalue weighted by Crippen LogP contribution is 2.39. The molecule has 2 aliphatic rings. The molecule has 1 amide bonds. The van der Waals surface area contributed by atoms with Crippen molar-refractivity contribution in [3.63, 3.8) is 0 Å². The van der Waals surface area contributed by atoms with Gasteiger partial charge in [-0.2, -0.15) is 0 Å². The third-order valence-electron chi connectivity index (χ3n) is 5.04. The fourth-order valence-electron chi connectivity index (χ4n) is 3.32. The van der Waals surface area contributed by atoms with Crippen molar-refractivity contribution in [1.82, 2.24) is 30.1 Å². The number of nitrogens with one attached hydrogen (secondary N) is 1. The minimum Gasteiger partial charge on any atom is -0.351 e. The predicted octanol–water partition coefficient (Wildman–Crippen LogP) is 1.42. The van der Waals surface area contributed by atoms with Gasteiger partial charge in [-0.25, -0.2) is 0 Å². The number of carbonyl (C=O) groups is 1. The zero-order chi connectivity index (χ0) is 17.6. The zero-order valence-electron chi connectivity index (χ0n) is 14.9. The molecule has 4 rings (SSSR count). The molecule has 1 N–H and O–H groups in total. The minimum absolute atomic E-state index is 0.154. The predicted molar refractivity (Wildman–Crippen MR) is 90.1 cm³/mol. The van der Waals surface area contributed by atoms with Crippen LogP contribution in [0, 0.1) is 0 Å². The molecule has 2 aromatic heterocycles.